The number of hydrogen-bond acceptors (Lipinski definition) is 1. The van der Waals surface area contributed by atoms with E-state index in [0.717, 1.165) is 6.42 Å². The molecule has 1 aliphatic carbocycles. The van der Waals surface area contributed by atoms with Crippen molar-refractivity contribution in [3.05, 3.63) is 0 Å². The second-order valence-electron chi connectivity index (χ2n) is 7.22. The van der Waals surface area contributed by atoms with Crippen LogP contribution in [-0.4, -0.2) is 16.6 Å². The molecule has 1 saturated carbocycles. The van der Waals surface area contributed by atoms with Crippen LogP contribution < -0.4 is 0 Å². The van der Waals surface area contributed by atoms with Crippen LogP contribution in [0.4, 0.5) is 0 Å². The Morgan fingerprint density at radius 3 is 2.06 bits per heavy atom. The minimum Gasteiger partial charge on any atom is -0.369 e. The molecule has 0 aromatic rings. The first-order valence-corrected chi connectivity index (χ1v) is 6.93. The average molecular weight is 245 g/mol. The number of alkyl halides is 1. The lowest BCUT2D eigenvalue weighted by molar-refractivity contribution is -0.0877. The van der Waals surface area contributed by atoms with E-state index in [4.69, 9.17) is 16.3 Å². The maximum Gasteiger partial charge on any atom is 0.0668 e. The molecule has 0 bridgehead atoms. The molecule has 94 valence electrons. The van der Waals surface area contributed by atoms with Crippen LogP contribution in [0.5, 0.6) is 0 Å². The Hall–Kier alpha value is 0.250. The van der Waals surface area contributed by atoms with Gasteiger partial charge in [0, 0.05) is 5.38 Å². The van der Waals surface area contributed by atoms with Crippen LogP contribution in [0.2, 0.25) is 0 Å². The van der Waals surface area contributed by atoms with E-state index in [1.54, 1.807) is 0 Å². The fraction of sp³-hybridized carbons (Fsp3) is 1.00. The summed E-state index contributed by atoms with van der Waals surface area (Å²) in [7, 11) is 0. The Labute approximate surface area is 105 Å². The predicted octanol–water partition coefficient (Wildman–Crippen LogP) is 4.38. The molecule has 3 atom stereocenters. The van der Waals surface area contributed by atoms with Gasteiger partial charge in [0.2, 0.25) is 0 Å². The van der Waals surface area contributed by atoms with E-state index in [9.17, 15) is 0 Å². The normalized spacial score (nSPS) is 46.1. The van der Waals surface area contributed by atoms with Crippen LogP contribution in [0.3, 0.4) is 0 Å². The van der Waals surface area contributed by atoms with Gasteiger partial charge in [0.05, 0.1) is 11.2 Å². The summed E-state index contributed by atoms with van der Waals surface area (Å²) in [5, 5.41) is 0.379. The Balaban J connectivity index is 2.21. The first kappa shape index (κ1) is 12.7. The van der Waals surface area contributed by atoms with Gasteiger partial charge in [-0.15, -0.1) is 11.6 Å². The van der Waals surface area contributed by atoms with Crippen molar-refractivity contribution in [1.82, 2.24) is 0 Å². The van der Waals surface area contributed by atoms with Crippen molar-refractivity contribution >= 4 is 11.6 Å². The van der Waals surface area contributed by atoms with Gasteiger partial charge in [0.1, 0.15) is 0 Å². The van der Waals surface area contributed by atoms with Gasteiger partial charge < -0.3 is 4.74 Å². The van der Waals surface area contributed by atoms with Crippen molar-refractivity contribution < 1.29 is 4.74 Å². The third kappa shape index (κ3) is 2.13. The minimum absolute atomic E-state index is 0.000795. The Morgan fingerprint density at radius 1 is 1.06 bits per heavy atom. The fourth-order valence-electron chi connectivity index (χ4n) is 4.16. The SMILES string of the molecule is CC1(C)CC(C2(C)CCC(Cl)C2)C(C)(C)O1. The zero-order valence-corrected chi connectivity index (χ0v) is 12.0. The van der Waals surface area contributed by atoms with Gasteiger partial charge in [0.15, 0.2) is 0 Å². The number of hydrogen-bond donors (Lipinski definition) is 0. The Kier molecular flexibility index (Phi) is 2.87. The topological polar surface area (TPSA) is 9.23 Å². The van der Waals surface area contributed by atoms with E-state index >= 15 is 0 Å². The lowest BCUT2D eigenvalue weighted by Gasteiger charge is -2.39. The van der Waals surface area contributed by atoms with Crippen molar-refractivity contribution in [2.45, 2.75) is 76.9 Å². The Bertz CT molecular complexity index is 284. The minimum atomic E-state index is -0.000795. The Morgan fingerprint density at radius 2 is 1.69 bits per heavy atom. The molecule has 2 aliphatic rings. The average Bonchev–Trinajstić information content (AvgIpc) is 2.51. The van der Waals surface area contributed by atoms with Gasteiger partial charge in [-0.05, 0) is 64.7 Å². The molecule has 0 spiro atoms. The van der Waals surface area contributed by atoms with Crippen LogP contribution >= 0.6 is 11.6 Å². The highest BCUT2D eigenvalue weighted by Crippen LogP contribution is 2.57. The summed E-state index contributed by atoms with van der Waals surface area (Å²) in [5.41, 5.74) is 0.407. The highest BCUT2D eigenvalue weighted by atomic mass is 35.5. The van der Waals surface area contributed by atoms with E-state index in [2.05, 4.69) is 34.6 Å². The molecule has 1 saturated heterocycles. The van der Waals surface area contributed by atoms with Gasteiger partial charge in [-0.3, -0.25) is 0 Å². The van der Waals surface area contributed by atoms with Crippen LogP contribution in [0.15, 0.2) is 0 Å². The van der Waals surface area contributed by atoms with Crippen molar-refractivity contribution in [3.8, 4) is 0 Å². The molecule has 0 radical (unpaired) electrons. The fourth-order valence-corrected chi connectivity index (χ4v) is 4.62. The van der Waals surface area contributed by atoms with Crippen LogP contribution in [0.25, 0.3) is 0 Å². The highest BCUT2D eigenvalue weighted by Gasteiger charge is 2.55. The molecule has 1 heterocycles. The number of rotatable bonds is 1. The third-order valence-electron chi connectivity index (χ3n) is 4.63. The summed E-state index contributed by atoms with van der Waals surface area (Å²) in [6.45, 7) is 11.3. The van der Waals surface area contributed by atoms with Crippen LogP contribution in [0, 0.1) is 11.3 Å². The van der Waals surface area contributed by atoms with E-state index < -0.39 is 0 Å². The second kappa shape index (κ2) is 3.62. The molecule has 2 rings (SSSR count). The zero-order valence-electron chi connectivity index (χ0n) is 11.3. The van der Waals surface area contributed by atoms with E-state index in [1.165, 1.54) is 19.3 Å². The van der Waals surface area contributed by atoms with Gasteiger partial charge in [-0.1, -0.05) is 6.92 Å². The summed E-state index contributed by atoms with van der Waals surface area (Å²) < 4.78 is 6.22. The molecule has 2 fully saturated rings. The molecular weight excluding hydrogens is 220 g/mol. The standard InChI is InChI=1S/C14H25ClO/c1-12(2)9-11(13(3,4)16-12)14(5)7-6-10(15)8-14/h10-11H,6-9H2,1-5H3. The van der Waals surface area contributed by atoms with Crippen LogP contribution in [-0.2, 0) is 4.74 Å². The van der Waals surface area contributed by atoms with Gasteiger partial charge in [-0.2, -0.15) is 0 Å². The first-order chi connectivity index (χ1) is 7.15. The third-order valence-corrected chi connectivity index (χ3v) is 5.00. The van der Waals surface area contributed by atoms with Crippen LogP contribution in [0.1, 0.15) is 60.3 Å². The summed E-state index contributed by atoms with van der Waals surface area (Å²) in [4.78, 5) is 0. The maximum absolute atomic E-state index is 6.30. The largest absolute Gasteiger partial charge is 0.369 e. The van der Waals surface area contributed by atoms with Gasteiger partial charge in [-0.25, -0.2) is 0 Å². The van der Waals surface area contributed by atoms with E-state index in [0.29, 0.717) is 16.7 Å². The summed E-state index contributed by atoms with van der Waals surface area (Å²) in [6, 6.07) is 0. The van der Waals surface area contributed by atoms with E-state index in [1.807, 2.05) is 0 Å². The summed E-state index contributed by atoms with van der Waals surface area (Å²) >= 11 is 6.30. The molecule has 0 aromatic carbocycles. The smallest absolute Gasteiger partial charge is 0.0668 e. The molecule has 1 nitrogen and oxygen atoms in total. The second-order valence-corrected chi connectivity index (χ2v) is 7.83. The summed E-state index contributed by atoms with van der Waals surface area (Å²) in [5.74, 6) is 0.638. The number of halogens is 1. The lowest BCUT2D eigenvalue weighted by Crippen LogP contribution is -2.38. The van der Waals surface area contributed by atoms with Crippen molar-refractivity contribution in [2.75, 3.05) is 0 Å². The monoisotopic (exact) mass is 244 g/mol. The molecule has 0 amide bonds. The quantitative estimate of drug-likeness (QED) is 0.622. The van der Waals surface area contributed by atoms with Gasteiger partial charge in [0.25, 0.3) is 0 Å². The molecule has 3 unspecified atom stereocenters. The molecule has 0 N–H and O–H groups in total. The first-order valence-electron chi connectivity index (χ1n) is 6.49. The number of ether oxygens (including phenoxy) is 1. The zero-order chi connectivity index (χ0) is 12.2. The molecular formula is C14H25ClO. The van der Waals surface area contributed by atoms with Gasteiger partial charge >= 0.3 is 0 Å². The van der Waals surface area contributed by atoms with Crippen molar-refractivity contribution in [2.24, 2.45) is 11.3 Å². The molecule has 0 aromatic heterocycles. The maximum atomic E-state index is 6.30. The molecule has 1 aliphatic heterocycles. The highest BCUT2D eigenvalue weighted by molar-refractivity contribution is 6.20. The predicted molar refractivity (Wildman–Crippen MR) is 68.9 cm³/mol. The molecule has 16 heavy (non-hydrogen) atoms. The van der Waals surface area contributed by atoms with E-state index in [-0.39, 0.29) is 11.2 Å². The lowest BCUT2D eigenvalue weighted by atomic mass is 9.67. The molecule has 2 heteroatoms. The van der Waals surface area contributed by atoms with Crippen molar-refractivity contribution in [1.29, 1.82) is 0 Å². The summed E-state index contributed by atoms with van der Waals surface area (Å²) in [6.07, 6.45) is 4.75. The van der Waals surface area contributed by atoms with Crippen molar-refractivity contribution in [3.63, 3.8) is 0 Å².